The fourth-order valence-electron chi connectivity index (χ4n) is 0.980. The molecule has 15 heavy (non-hydrogen) atoms. The lowest BCUT2D eigenvalue weighted by atomic mass is 10.3. The molecule has 0 aliphatic carbocycles. The fraction of sp³-hybridized carbons (Fsp3) is 0.167. The molecule has 0 bridgehead atoms. The Labute approximate surface area is 91.4 Å². The molecule has 0 heterocycles. The highest BCUT2D eigenvalue weighted by molar-refractivity contribution is 6.88. The van der Waals surface area contributed by atoms with Crippen LogP contribution in [0.15, 0.2) is 24.3 Å². The van der Waals surface area contributed by atoms with E-state index < -0.39 is 8.32 Å². The van der Waals surface area contributed by atoms with E-state index in [0.29, 0.717) is 5.75 Å². The molecule has 0 amide bonds. The van der Waals surface area contributed by atoms with E-state index in [1.54, 1.807) is 37.9 Å². The van der Waals surface area contributed by atoms with Crippen molar-refractivity contribution in [1.82, 2.24) is 0 Å². The summed E-state index contributed by atoms with van der Waals surface area (Å²) in [5, 5.41) is 0. The third-order valence-electron chi connectivity index (χ3n) is 1.93. The van der Waals surface area contributed by atoms with Gasteiger partial charge in [0.1, 0.15) is 11.5 Å². The molecule has 2 nitrogen and oxygen atoms in total. The molecule has 0 saturated heterocycles. The molecule has 0 aliphatic rings. The van der Waals surface area contributed by atoms with Crippen LogP contribution >= 0.6 is 0 Å². The minimum absolute atomic E-state index is 0.681. The van der Waals surface area contributed by atoms with E-state index in [0.717, 1.165) is 5.75 Å². The van der Waals surface area contributed by atoms with Crippen molar-refractivity contribution < 1.29 is 9.16 Å². The molecule has 1 rings (SSSR count). The maximum atomic E-state index is 5.61. The maximum Gasteiger partial charge on any atom is 0.408 e. The molecule has 0 atom stereocenters. The van der Waals surface area contributed by atoms with Gasteiger partial charge in [0.2, 0.25) is 0 Å². The average Bonchev–Trinajstić information content (AvgIpc) is 2.30. The van der Waals surface area contributed by atoms with Crippen LogP contribution < -0.4 is 9.16 Å². The zero-order valence-electron chi connectivity index (χ0n) is 8.78. The van der Waals surface area contributed by atoms with Crippen LogP contribution in [-0.2, 0) is 0 Å². The summed E-state index contributed by atoms with van der Waals surface area (Å²) in [6.45, 7) is 1.80. The van der Waals surface area contributed by atoms with Crippen LogP contribution in [0, 0.1) is 23.9 Å². The summed E-state index contributed by atoms with van der Waals surface area (Å²) in [6, 6.07) is 7.19. The molecule has 0 saturated carbocycles. The molecular formula is C12H12O2Si. The standard InChI is InChI=1S/C12H12O2Si/c1-5-15(4,6-2)14-12-9-7-11(13-3)8-10-12/h1-2,7-10H,3-4H3. The molecule has 0 aliphatic heterocycles. The molecule has 1 aromatic carbocycles. The van der Waals surface area contributed by atoms with Crippen molar-refractivity contribution in [2.45, 2.75) is 6.55 Å². The zero-order valence-corrected chi connectivity index (χ0v) is 9.78. The first-order chi connectivity index (χ1) is 7.13. The van der Waals surface area contributed by atoms with Gasteiger partial charge in [-0.05, 0) is 30.8 Å². The predicted molar refractivity (Wildman–Crippen MR) is 62.9 cm³/mol. The summed E-state index contributed by atoms with van der Waals surface area (Å²) in [7, 11) is -0.842. The zero-order chi connectivity index (χ0) is 11.3. The Morgan fingerprint density at radius 1 is 1.07 bits per heavy atom. The summed E-state index contributed by atoms with van der Waals surface area (Å²) in [5.41, 5.74) is 5.11. The summed E-state index contributed by atoms with van der Waals surface area (Å²) in [5.74, 6) is 1.45. The van der Waals surface area contributed by atoms with Gasteiger partial charge in [-0.2, -0.15) is 0 Å². The average molecular weight is 216 g/mol. The largest absolute Gasteiger partial charge is 0.522 e. The van der Waals surface area contributed by atoms with Gasteiger partial charge in [-0.3, -0.25) is 0 Å². The Morgan fingerprint density at radius 2 is 1.53 bits per heavy atom. The van der Waals surface area contributed by atoms with Crippen molar-refractivity contribution in [3.8, 4) is 35.4 Å². The molecule has 76 valence electrons. The quantitative estimate of drug-likeness (QED) is 0.568. The normalized spacial score (nSPS) is 9.87. The maximum absolute atomic E-state index is 5.61. The first-order valence-electron chi connectivity index (χ1n) is 4.42. The summed E-state index contributed by atoms with van der Waals surface area (Å²) in [4.78, 5) is 0. The van der Waals surface area contributed by atoms with E-state index in [9.17, 15) is 0 Å². The summed E-state index contributed by atoms with van der Waals surface area (Å²) in [6.07, 6.45) is 10.7. The van der Waals surface area contributed by atoms with Gasteiger partial charge in [0.05, 0.1) is 7.11 Å². The second-order valence-corrected chi connectivity index (χ2v) is 5.95. The van der Waals surface area contributed by atoms with E-state index in [2.05, 4.69) is 11.1 Å². The van der Waals surface area contributed by atoms with Crippen LogP contribution in [0.1, 0.15) is 0 Å². The number of rotatable bonds is 3. The summed E-state index contributed by atoms with van der Waals surface area (Å²) >= 11 is 0. The Hall–Kier alpha value is -1.84. The van der Waals surface area contributed by atoms with Crippen molar-refractivity contribution in [3.05, 3.63) is 24.3 Å². The van der Waals surface area contributed by atoms with Crippen molar-refractivity contribution in [1.29, 1.82) is 0 Å². The predicted octanol–water partition coefficient (Wildman–Crippen LogP) is 1.99. The molecule has 1 aromatic rings. The van der Waals surface area contributed by atoms with Crippen molar-refractivity contribution >= 4 is 8.32 Å². The van der Waals surface area contributed by atoms with E-state index >= 15 is 0 Å². The number of methoxy groups -OCH3 is 1. The van der Waals surface area contributed by atoms with Gasteiger partial charge >= 0.3 is 8.32 Å². The number of ether oxygens (including phenoxy) is 1. The Morgan fingerprint density at radius 3 is 1.93 bits per heavy atom. The summed E-state index contributed by atoms with van der Waals surface area (Å²) < 4.78 is 10.6. The molecule has 0 spiro atoms. The SMILES string of the molecule is C#C[Si](C)(C#C)Oc1ccc(OC)cc1. The van der Waals surface area contributed by atoms with Crippen molar-refractivity contribution in [2.75, 3.05) is 7.11 Å². The van der Waals surface area contributed by atoms with Gasteiger partial charge < -0.3 is 9.16 Å². The molecule has 0 aromatic heterocycles. The highest BCUT2D eigenvalue weighted by Gasteiger charge is 2.25. The van der Waals surface area contributed by atoms with E-state index in [4.69, 9.17) is 22.0 Å². The van der Waals surface area contributed by atoms with Crippen molar-refractivity contribution in [3.63, 3.8) is 0 Å². The van der Waals surface area contributed by atoms with Crippen LogP contribution in [0.3, 0.4) is 0 Å². The molecule has 0 fully saturated rings. The molecule has 0 unspecified atom stereocenters. The third-order valence-corrected chi connectivity index (χ3v) is 3.68. The smallest absolute Gasteiger partial charge is 0.408 e. The van der Waals surface area contributed by atoms with E-state index in [1.165, 1.54) is 0 Å². The van der Waals surface area contributed by atoms with Crippen LogP contribution in [-0.4, -0.2) is 15.4 Å². The lowest BCUT2D eigenvalue weighted by Gasteiger charge is -2.16. The van der Waals surface area contributed by atoms with Gasteiger partial charge in [0.15, 0.2) is 0 Å². The van der Waals surface area contributed by atoms with Gasteiger partial charge in [0, 0.05) is 0 Å². The lowest BCUT2D eigenvalue weighted by molar-refractivity contribution is 0.414. The Balaban J connectivity index is 2.83. The van der Waals surface area contributed by atoms with Crippen LogP contribution in [0.4, 0.5) is 0 Å². The van der Waals surface area contributed by atoms with Crippen LogP contribution in [0.5, 0.6) is 11.5 Å². The van der Waals surface area contributed by atoms with Gasteiger partial charge in [0.25, 0.3) is 0 Å². The Bertz CT molecular complexity index is 395. The highest BCUT2D eigenvalue weighted by atomic mass is 28.4. The Kier molecular flexibility index (Phi) is 3.44. The topological polar surface area (TPSA) is 18.5 Å². The number of benzene rings is 1. The number of hydrogen-bond donors (Lipinski definition) is 0. The van der Waals surface area contributed by atoms with Crippen LogP contribution in [0.2, 0.25) is 6.55 Å². The molecule has 0 N–H and O–H groups in total. The van der Waals surface area contributed by atoms with Crippen molar-refractivity contribution in [2.24, 2.45) is 0 Å². The first-order valence-corrected chi connectivity index (χ1v) is 6.83. The van der Waals surface area contributed by atoms with E-state index in [-0.39, 0.29) is 0 Å². The molecule has 3 heteroatoms. The van der Waals surface area contributed by atoms with E-state index in [1.807, 2.05) is 0 Å². The van der Waals surface area contributed by atoms with Crippen LogP contribution in [0.25, 0.3) is 0 Å². The van der Waals surface area contributed by atoms with Gasteiger partial charge in [-0.25, -0.2) is 0 Å². The van der Waals surface area contributed by atoms with Gasteiger partial charge in [-0.1, -0.05) is 11.1 Å². The minimum Gasteiger partial charge on any atom is -0.522 e. The minimum atomic E-state index is -2.45. The number of terminal acetylenes is 2. The highest BCUT2D eigenvalue weighted by Crippen LogP contribution is 2.19. The fourth-order valence-corrected chi connectivity index (χ4v) is 1.79. The number of hydrogen-bond acceptors (Lipinski definition) is 2. The molecular weight excluding hydrogens is 204 g/mol. The van der Waals surface area contributed by atoms with Gasteiger partial charge in [-0.15, -0.1) is 12.8 Å². The lowest BCUT2D eigenvalue weighted by Crippen LogP contribution is -2.35. The third kappa shape index (κ3) is 2.80. The monoisotopic (exact) mass is 216 g/mol. The second kappa shape index (κ2) is 4.59. The molecule has 0 radical (unpaired) electrons. The first kappa shape index (κ1) is 11.2. The second-order valence-electron chi connectivity index (χ2n) is 3.10.